The lowest BCUT2D eigenvalue weighted by Crippen LogP contribution is -1.99. The van der Waals surface area contributed by atoms with Crippen LogP contribution in [-0.2, 0) is 0 Å². The minimum atomic E-state index is 0.663. The maximum Gasteiger partial charge on any atom is 0.183 e. The monoisotopic (exact) mass is 524 g/mol. The van der Waals surface area contributed by atoms with Crippen LogP contribution in [0.2, 0.25) is 0 Å². The highest BCUT2D eigenvalue weighted by molar-refractivity contribution is 6.04. The van der Waals surface area contributed by atoms with E-state index in [1.807, 2.05) is 60.7 Å². The topological polar surface area (TPSA) is 43.1 Å². The van der Waals surface area contributed by atoms with Gasteiger partial charge in [-0.25, -0.2) is 15.0 Å². The zero-order valence-electron chi connectivity index (χ0n) is 22.1. The normalized spacial score (nSPS) is 11.4. The van der Waals surface area contributed by atoms with Crippen molar-refractivity contribution >= 4 is 27.6 Å². The van der Waals surface area contributed by atoms with Crippen molar-refractivity contribution in [3.63, 3.8) is 0 Å². The Bertz CT molecular complexity index is 2170. The number of hydrogen-bond acceptors (Lipinski definition) is 3. The van der Waals surface area contributed by atoms with Crippen LogP contribution < -0.4 is 0 Å². The molecule has 0 aliphatic heterocycles. The molecule has 3 aromatic heterocycles. The van der Waals surface area contributed by atoms with Crippen molar-refractivity contribution in [1.82, 2.24) is 19.4 Å². The average Bonchev–Trinajstić information content (AvgIpc) is 3.45. The Hall–Kier alpha value is -5.61. The summed E-state index contributed by atoms with van der Waals surface area (Å²) in [5.74, 6) is 0.663. The van der Waals surface area contributed by atoms with E-state index >= 15 is 0 Å². The molecule has 0 saturated heterocycles. The standard InChI is InChI=1S/C37H24N4/c1-5-13-25(14-6-1)29-21-22-30-24-32(26-15-7-2-8-16-26)41-34-33(27-17-9-3-10-18-27)38-35(28-19-11-4-12-20-28)39-36(34)40-37(41)31(30)23-29/h1-24H. The Balaban J connectivity index is 1.54. The third kappa shape index (κ3) is 3.97. The van der Waals surface area contributed by atoms with E-state index in [4.69, 9.17) is 15.0 Å². The van der Waals surface area contributed by atoms with Gasteiger partial charge in [-0.3, -0.25) is 4.40 Å². The van der Waals surface area contributed by atoms with Gasteiger partial charge in [0.05, 0.1) is 5.69 Å². The molecule has 4 heteroatoms. The highest BCUT2D eigenvalue weighted by atomic mass is 15.1. The molecule has 0 spiro atoms. The maximum absolute atomic E-state index is 5.25. The van der Waals surface area contributed by atoms with Crippen molar-refractivity contribution in [2.75, 3.05) is 0 Å². The lowest BCUT2D eigenvalue weighted by atomic mass is 10.0. The van der Waals surface area contributed by atoms with Gasteiger partial charge in [0.25, 0.3) is 0 Å². The Morgan fingerprint density at radius 3 is 1.68 bits per heavy atom. The lowest BCUT2D eigenvalue weighted by molar-refractivity contribution is 1.19. The fourth-order valence-corrected chi connectivity index (χ4v) is 5.63. The number of fused-ring (bicyclic) bond motifs is 5. The second-order valence-electron chi connectivity index (χ2n) is 10.1. The van der Waals surface area contributed by atoms with Crippen LogP contribution in [-0.4, -0.2) is 19.4 Å². The summed E-state index contributed by atoms with van der Waals surface area (Å²) in [5.41, 5.74) is 9.77. The van der Waals surface area contributed by atoms with Gasteiger partial charge in [0.1, 0.15) is 16.9 Å². The fourth-order valence-electron chi connectivity index (χ4n) is 5.63. The van der Waals surface area contributed by atoms with Crippen LogP contribution in [0.4, 0.5) is 0 Å². The van der Waals surface area contributed by atoms with Crippen LogP contribution in [0.1, 0.15) is 0 Å². The molecule has 192 valence electrons. The lowest BCUT2D eigenvalue weighted by Gasteiger charge is -2.13. The maximum atomic E-state index is 5.25. The van der Waals surface area contributed by atoms with Gasteiger partial charge >= 0.3 is 0 Å². The van der Waals surface area contributed by atoms with Crippen molar-refractivity contribution in [2.45, 2.75) is 0 Å². The van der Waals surface area contributed by atoms with Gasteiger partial charge in [-0.05, 0) is 34.2 Å². The SMILES string of the molecule is c1ccc(-c2ccc3cc(-c4ccccc4)n4c(nc5nc(-c6ccccc6)nc(-c6ccccc6)c54)c3c2)cc1. The first-order chi connectivity index (χ1) is 20.3. The Labute approximate surface area is 237 Å². The number of nitrogens with zero attached hydrogens (tertiary/aromatic N) is 4. The van der Waals surface area contributed by atoms with E-state index in [9.17, 15) is 0 Å². The summed E-state index contributed by atoms with van der Waals surface area (Å²) >= 11 is 0. The van der Waals surface area contributed by atoms with E-state index < -0.39 is 0 Å². The molecule has 0 radical (unpaired) electrons. The predicted octanol–water partition coefficient (Wildman–Crippen LogP) is 9.10. The summed E-state index contributed by atoms with van der Waals surface area (Å²) in [4.78, 5) is 15.5. The van der Waals surface area contributed by atoms with E-state index in [0.29, 0.717) is 11.5 Å². The molecule has 4 nitrogen and oxygen atoms in total. The van der Waals surface area contributed by atoms with Crippen molar-refractivity contribution in [1.29, 1.82) is 0 Å². The molecule has 8 rings (SSSR count). The number of hydrogen-bond donors (Lipinski definition) is 0. The quantitative estimate of drug-likeness (QED) is 0.231. The molecule has 5 aromatic carbocycles. The minimum absolute atomic E-state index is 0.663. The molecule has 3 heterocycles. The van der Waals surface area contributed by atoms with Crippen molar-refractivity contribution in [2.24, 2.45) is 0 Å². The number of aromatic nitrogens is 4. The Morgan fingerprint density at radius 1 is 0.439 bits per heavy atom. The summed E-state index contributed by atoms with van der Waals surface area (Å²) in [6.07, 6.45) is 0. The molecule has 41 heavy (non-hydrogen) atoms. The van der Waals surface area contributed by atoms with Crippen LogP contribution in [0, 0.1) is 0 Å². The summed E-state index contributed by atoms with van der Waals surface area (Å²) in [6, 6.07) is 50.3. The zero-order valence-corrected chi connectivity index (χ0v) is 22.1. The first kappa shape index (κ1) is 23.3. The number of rotatable bonds is 4. The average molecular weight is 525 g/mol. The van der Waals surface area contributed by atoms with Crippen molar-refractivity contribution in [3.05, 3.63) is 146 Å². The molecule has 0 amide bonds. The van der Waals surface area contributed by atoms with Gasteiger partial charge in [-0.2, -0.15) is 0 Å². The Morgan fingerprint density at radius 2 is 1.02 bits per heavy atom. The molecular weight excluding hydrogens is 500 g/mol. The number of pyridine rings is 1. The van der Waals surface area contributed by atoms with Gasteiger partial charge in [-0.1, -0.05) is 133 Å². The van der Waals surface area contributed by atoms with Crippen molar-refractivity contribution < 1.29 is 0 Å². The van der Waals surface area contributed by atoms with Gasteiger partial charge in [0.15, 0.2) is 11.5 Å². The molecule has 0 aliphatic carbocycles. The molecule has 0 atom stereocenters. The highest BCUT2D eigenvalue weighted by Gasteiger charge is 2.21. The van der Waals surface area contributed by atoms with E-state index in [0.717, 1.165) is 55.6 Å². The van der Waals surface area contributed by atoms with Gasteiger partial charge in [-0.15, -0.1) is 0 Å². The van der Waals surface area contributed by atoms with Crippen LogP contribution in [0.25, 0.3) is 72.6 Å². The van der Waals surface area contributed by atoms with Crippen LogP contribution in [0.15, 0.2) is 146 Å². The fraction of sp³-hybridized carbons (Fsp3) is 0. The van der Waals surface area contributed by atoms with E-state index in [-0.39, 0.29) is 0 Å². The summed E-state index contributed by atoms with van der Waals surface area (Å²) < 4.78 is 2.25. The van der Waals surface area contributed by atoms with Crippen molar-refractivity contribution in [3.8, 4) is 45.0 Å². The van der Waals surface area contributed by atoms with Gasteiger partial charge in [0, 0.05) is 16.5 Å². The van der Waals surface area contributed by atoms with E-state index in [2.05, 4.69) is 89.3 Å². The molecule has 0 N–H and O–H groups in total. The zero-order chi connectivity index (χ0) is 27.2. The third-order valence-corrected chi connectivity index (χ3v) is 7.60. The number of benzene rings is 5. The van der Waals surface area contributed by atoms with Crippen LogP contribution in [0.5, 0.6) is 0 Å². The molecular formula is C37H24N4. The van der Waals surface area contributed by atoms with Crippen LogP contribution >= 0.6 is 0 Å². The molecule has 0 bridgehead atoms. The largest absolute Gasteiger partial charge is 0.288 e. The molecule has 8 aromatic rings. The third-order valence-electron chi connectivity index (χ3n) is 7.60. The second kappa shape index (κ2) is 9.54. The predicted molar refractivity (Wildman–Crippen MR) is 168 cm³/mol. The molecule has 0 fully saturated rings. The Kier molecular flexibility index (Phi) is 5.42. The first-order valence-corrected chi connectivity index (χ1v) is 13.7. The summed E-state index contributed by atoms with van der Waals surface area (Å²) in [5, 5.41) is 2.20. The van der Waals surface area contributed by atoms with Crippen LogP contribution in [0.3, 0.4) is 0 Å². The van der Waals surface area contributed by atoms with Gasteiger partial charge in [0.2, 0.25) is 0 Å². The van der Waals surface area contributed by atoms with E-state index in [1.54, 1.807) is 0 Å². The second-order valence-corrected chi connectivity index (χ2v) is 10.1. The smallest absolute Gasteiger partial charge is 0.183 e. The highest BCUT2D eigenvalue weighted by Crippen LogP contribution is 2.37. The summed E-state index contributed by atoms with van der Waals surface area (Å²) in [7, 11) is 0. The van der Waals surface area contributed by atoms with E-state index in [1.165, 1.54) is 5.56 Å². The molecule has 0 saturated carbocycles. The summed E-state index contributed by atoms with van der Waals surface area (Å²) in [6.45, 7) is 0. The first-order valence-electron chi connectivity index (χ1n) is 13.7. The minimum Gasteiger partial charge on any atom is -0.288 e. The molecule has 0 aliphatic rings. The van der Waals surface area contributed by atoms with Gasteiger partial charge < -0.3 is 0 Å². The molecule has 0 unspecified atom stereocenters. The number of imidazole rings is 1.